The standard InChI is InChI=1S/C18H19BrO2/c19-18-15(11-10-14-6-1-2-8-16(14)18)7-5-13-21-17-9-3-4-12-20-17/h1-2,6,8-11H,3-5,7,12-13H2. The third kappa shape index (κ3) is 3.59. The third-order valence-corrected chi connectivity index (χ3v) is 4.62. The molecule has 0 fully saturated rings. The number of aryl methyl sites for hydroxylation is 1. The van der Waals surface area contributed by atoms with Crippen molar-refractivity contribution in [2.45, 2.75) is 25.7 Å². The fourth-order valence-corrected chi connectivity index (χ4v) is 3.23. The monoisotopic (exact) mass is 346 g/mol. The van der Waals surface area contributed by atoms with Crippen molar-refractivity contribution in [3.8, 4) is 0 Å². The van der Waals surface area contributed by atoms with E-state index in [2.05, 4.69) is 52.3 Å². The van der Waals surface area contributed by atoms with Gasteiger partial charge in [-0.3, -0.25) is 0 Å². The van der Waals surface area contributed by atoms with Crippen LogP contribution in [0.2, 0.25) is 0 Å². The second kappa shape index (κ2) is 6.99. The highest BCUT2D eigenvalue weighted by atomic mass is 79.9. The van der Waals surface area contributed by atoms with Gasteiger partial charge in [0, 0.05) is 4.47 Å². The summed E-state index contributed by atoms with van der Waals surface area (Å²) < 4.78 is 12.3. The number of allylic oxidation sites excluding steroid dienone is 1. The molecule has 21 heavy (non-hydrogen) atoms. The van der Waals surface area contributed by atoms with Gasteiger partial charge in [-0.25, -0.2) is 0 Å². The van der Waals surface area contributed by atoms with Gasteiger partial charge >= 0.3 is 0 Å². The van der Waals surface area contributed by atoms with Gasteiger partial charge in [-0.2, -0.15) is 0 Å². The quantitative estimate of drug-likeness (QED) is 0.692. The molecule has 110 valence electrons. The predicted molar refractivity (Wildman–Crippen MR) is 89.2 cm³/mol. The van der Waals surface area contributed by atoms with Gasteiger partial charge < -0.3 is 9.47 Å². The molecule has 0 spiro atoms. The predicted octanol–water partition coefficient (Wildman–Crippen LogP) is 5.20. The normalized spacial score (nSPS) is 14.6. The maximum atomic E-state index is 5.66. The van der Waals surface area contributed by atoms with Crippen LogP contribution in [-0.2, 0) is 15.9 Å². The molecule has 1 heterocycles. The lowest BCUT2D eigenvalue weighted by atomic mass is 10.0. The topological polar surface area (TPSA) is 18.5 Å². The molecule has 2 aromatic rings. The largest absolute Gasteiger partial charge is 0.466 e. The van der Waals surface area contributed by atoms with E-state index in [1.807, 2.05) is 6.08 Å². The van der Waals surface area contributed by atoms with Crippen LogP contribution >= 0.6 is 15.9 Å². The average molecular weight is 347 g/mol. The zero-order valence-corrected chi connectivity index (χ0v) is 13.6. The van der Waals surface area contributed by atoms with Crippen molar-refractivity contribution in [2.75, 3.05) is 13.2 Å². The smallest absolute Gasteiger partial charge is 0.274 e. The molecule has 0 radical (unpaired) electrons. The van der Waals surface area contributed by atoms with Gasteiger partial charge in [-0.1, -0.05) is 36.4 Å². The summed E-state index contributed by atoms with van der Waals surface area (Å²) in [6.07, 6.45) is 6.17. The van der Waals surface area contributed by atoms with Crippen molar-refractivity contribution in [2.24, 2.45) is 0 Å². The van der Waals surface area contributed by atoms with Gasteiger partial charge in [0.05, 0.1) is 13.2 Å². The van der Waals surface area contributed by atoms with Crippen molar-refractivity contribution in [1.82, 2.24) is 0 Å². The summed E-state index contributed by atoms with van der Waals surface area (Å²) in [6.45, 7) is 1.48. The molecule has 0 N–H and O–H groups in total. The summed E-state index contributed by atoms with van der Waals surface area (Å²) in [5.41, 5.74) is 1.33. The molecule has 0 aromatic heterocycles. The SMILES string of the molecule is Brc1c(CCCOC2=CCCCO2)ccc2ccccc12. The number of ether oxygens (including phenoxy) is 2. The molecule has 0 bridgehead atoms. The molecule has 3 heteroatoms. The summed E-state index contributed by atoms with van der Waals surface area (Å²) in [7, 11) is 0. The lowest BCUT2D eigenvalue weighted by Crippen LogP contribution is -2.06. The first-order valence-electron chi connectivity index (χ1n) is 7.46. The van der Waals surface area contributed by atoms with Crippen LogP contribution in [0.15, 0.2) is 52.9 Å². The van der Waals surface area contributed by atoms with E-state index in [1.165, 1.54) is 20.8 Å². The zero-order valence-electron chi connectivity index (χ0n) is 12.0. The van der Waals surface area contributed by atoms with E-state index in [1.54, 1.807) is 0 Å². The van der Waals surface area contributed by atoms with Crippen LogP contribution in [0.1, 0.15) is 24.8 Å². The molecular formula is C18H19BrO2. The molecule has 2 nitrogen and oxygen atoms in total. The maximum absolute atomic E-state index is 5.66. The van der Waals surface area contributed by atoms with Crippen LogP contribution in [0.3, 0.4) is 0 Å². The Morgan fingerprint density at radius 3 is 2.90 bits per heavy atom. The molecule has 3 rings (SSSR count). The number of hydrogen-bond donors (Lipinski definition) is 0. The highest BCUT2D eigenvalue weighted by Crippen LogP contribution is 2.28. The molecule has 0 aliphatic carbocycles. The zero-order chi connectivity index (χ0) is 14.5. The fourth-order valence-electron chi connectivity index (χ4n) is 2.54. The van der Waals surface area contributed by atoms with Crippen LogP contribution in [-0.4, -0.2) is 13.2 Å². The summed E-state index contributed by atoms with van der Waals surface area (Å²) in [6, 6.07) is 12.8. The van der Waals surface area contributed by atoms with Gasteiger partial charge in [-0.05, 0) is 64.0 Å². The summed E-state index contributed by atoms with van der Waals surface area (Å²) in [5, 5.41) is 2.54. The van der Waals surface area contributed by atoms with E-state index >= 15 is 0 Å². The second-order valence-electron chi connectivity index (χ2n) is 5.23. The van der Waals surface area contributed by atoms with E-state index in [0.717, 1.165) is 32.3 Å². The van der Waals surface area contributed by atoms with Crippen LogP contribution in [0.4, 0.5) is 0 Å². The van der Waals surface area contributed by atoms with Crippen molar-refractivity contribution in [3.05, 3.63) is 58.5 Å². The number of rotatable bonds is 5. The number of hydrogen-bond acceptors (Lipinski definition) is 2. The first kappa shape index (κ1) is 14.5. The average Bonchev–Trinajstić information content (AvgIpc) is 2.55. The van der Waals surface area contributed by atoms with Crippen molar-refractivity contribution in [1.29, 1.82) is 0 Å². The van der Waals surface area contributed by atoms with Crippen LogP contribution in [0.5, 0.6) is 0 Å². The Balaban J connectivity index is 1.58. The lowest BCUT2D eigenvalue weighted by Gasteiger charge is -2.15. The van der Waals surface area contributed by atoms with Crippen LogP contribution in [0.25, 0.3) is 10.8 Å². The van der Waals surface area contributed by atoms with Gasteiger partial charge in [0.1, 0.15) is 0 Å². The minimum atomic E-state index is 0.700. The Labute approximate surface area is 133 Å². The molecule has 0 unspecified atom stereocenters. The molecule has 2 aromatic carbocycles. The van der Waals surface area contributed by atoms with Crippen LogP contribution < -0.4 is 0 Å². The summed E-state index contributed by atoms with van der Waals surface area (Å²) in [4.78, 5) is 0. The van der Waals surface area contributed by atoms with E-state index in [-0.39, 0.29) is 0 Å². The van der Waals surface area contributed by atoms with E-state index in [9.17, 15) is 0 Å². The van der Waals surface area contributed by atoms with Gasteiger partial charge in [0.2, 0.25) is 0 Å². The molecular weight excluding hydrogens is 328 g/mol. The second-order valence-corrected chi connectivity index (χ2v) is 6.02. The maximum Gasteiger partial charge on any atom is 0.274 e. The Bertz CT molecular complexity index is 649. The fraction of sp³-hybridized carbons (Fsp3) is 0.333. The van der Waals surface area contributed by atoms with E-state index < -0.39 is 0 Å². The van der Waals surface area contributed by atoms with Gasteiger partial charge in [-0.15, -0.1) is 0 Å². The Kier molecular flexibility index (Phi) is 4.81. The number of halogens is 1. The third-order valence-electron chi connectivity index (χ3n) is 3.68. The highest BCUT2D eigenvalue weighted by molar-refractivity contribution is 9.10. The summed E-state index contributed by atoms with van der Waals surface area (Å²) in [5.74, 6) is 0.707. The number of fused-ring (bicyclic) bond motifs is 1. The first-order valence-corrected chi connectivity index (χ1v) is 8.26. The molecule has 0 atom stereocenters. The minimum Gasteiger partial charge on any atom is -0.466 e. The Morgan fingerprint density at radius 2 is 2.05 bits per heavy atom. The first-order chi connectivity index (χ1) is 10.3. The minimum absolute atomic E-state index is 0.700. The molecule has 1 aliphatic rings. The summed E-state index contributed by atoms with van der Waals surface area (Å²) >= 11 is 3.73. The van der Waals surface area contributed by atoms with Crippen LogP contribution in [0, 0.1) is 0 Å². The Morgan fingerprint density at radius 1 is 1.14 bits per heavy atom. The molecule has 0 saturated carbocycles. The van der Waals surface area contributed by atoms with Gasteiger partial charge in [0.15, 0.2) is 0 Å². The molecule has 1 aliphatic heterocycles. The van der Waals surface area contributed by atoms with Gasteiger partial charge in [0.25, 0.3) is 5.95 Å². The van der Waals surface area contributed by atoms with Crippen molar-refractivity contribution < 1.29 is 9.47 Å². The van der Waals surface area contributed by atoms with Crippen molar-refractivity contribution >= 4 is 26.7 Å². The van der Waals surface area contributed by atoms with E-state index in [4.69, 9.17) is 9.47 Å². The lowest BCUT2D eigenvalue weighted by molar-refractivity contribution is 0.0241. The van der Waals surface area contributed by atoms with E-state index in [0.29, 0.717) is 12.6 Å². The number of benzene rings is 2. The molecule has 0 amide bonds. The van der Waals surface area contributed by atoms with Crippen molar-refractivity contribution in [3.63, 3.8) is 0 Å². The molecule has 0 saturated heterocycles. The Hall–Kier alpha value is -1.48. The highest BCUT2D eigenvalue weighted by Gasteiger charge is 2.07.